The van der Waals surface area contributed by atoms with E-state index >= 15 is 0 Å². The molecule has 1 aliphatic heterocycles. The Labute approximate surface area is 151 Å². The summed E-state index contributed by atoms with van der Waals surface area (Å²) in [6, 6.07) is 0. The number of rotatable bonds is 8. The van der Waals surface area contributed by atoms with Crippen LogP contribution in [0.1, 0.15) is 12.8 Å². The Morgan fingerprint density at radius 2 is 1.92 bits per heavy atom. The summed E-state index contributed by atoms with van der Waals surface area (Å²) in [5, 5.41) is 41.8. The fraction of sp³-hybridized carbons (Fsp3) is 0.909. The average molecular weight is 423 g/mol. The van der Waals surface area contributed by atoms with Crippen LogP contribution in [0.4, 0.5) is 0 Å². The van der Waals surface area contributed by atoms with E-state index in [1.165, 1.54) is 6.26 Å². The van der Waals surface area contributed by atoms with Crippen molar-refractivity contribution in [1.82, 2.24) is 0 Å². The Morgan fingerprint density at radius 3 is 2.44 bits per heavy atom. The zero-order valence-corrected chi connectivity index (χ0v) is 15.6. The van der Waals surface area contributed by atoms with Crippen LogP contribution in [-0.4, -0.2) is 91.1 Å². The van der Waals surface area contributed by atoms with Gasteiger partial charge in [0.2, 0.25) is 0 Å². The van der Waals surface area contributed by atoms with E-state index in [-0.39, 0.29) is 11.5 Å². The number of ether oxygens (including phenoxy) is 1. The predicted octanol–water partition coefficient (Wildman–Crippen LogP) is -2.19. The maximum atomic E-state index is 11.1. The lowest BCUT2D eigenvalue weighted by Gasteiger charge is -2.39. The topological polar surface area (TPSA) is 183 Å². The third kappa shape index (κ3) is 7.84. The van der Waals surface area contributed by atoms with Gasteiger partial charge in [0.1, 0.15) is 34.9 Å². The highest BCUT2D eigenvalue weighted by molar-refractivity contribution is 8.14. The predicted molar refractivity (Wildman–Crippen MR) is 89.6 cm³/mol. The Kier molecular flexibility index (Phi) is 9.20. The molecular weight excluding hydrogens is 402 g/mol. The van der Waals surface area contributed by atoms with Crippen molar-refractivity contribution in [2.45, 2.75) is 42.7 Å². The maximum Gasteiger partial charge on any atom is 0.466 e. The van der Waals surface area contributed by atoms with Crippen LogP contribution in [0, 0.1) is 0 Å². The summed E-state index contributed by atoms with van der Waals surface area (Å²) in [6.45, 7) is -0.620. The van der Waals surface area contributed by atoms with Gasteiger partial charge in [-0.3, -0.25) is 8.76 Å². The Balaban J connectivity index is 2.85. The molecule has 5 N–H and O–H groups in total. The van der Waals surface area contributed by atoms with Gasteiger partial charge in [-0.25, -0.2) is 4.28 Å². The smallest absolute Gasteiger partial charge is 0.394 e. The second-order valence-electron chi connectivity index (χ2n) is 5.18. The van der Waals surface area contributed by atoms with Crippen LogP contribution in [0.25, 0.3) is 0 Å². The molecule has 0 aromatic heterocycles. The molecular formula is C11H21NO10S3. The molecule has 0 unspecified atom stereocenters. The molecule has 148 valence electrons. The van der Waals surface area contributed by atoms with Gasteiger partial charge in [-0.1, -0.05) is 16.9 Å². The summed E-state index contributed by atoms with van der Waals surface area (Å²) in [4.78, 5) is 0. The number of aliphatic hydroxyl groups excluding tert-OH is 4. The van der Waals surface area contributed by atoms with Crippen molar-refractivity contribution >= 4 is 38.0 Å². The minimum Gasteiger partial charge on any atom is -0.394 e. The van der Waals surface area contributed by atoms with E-state index in [0.29, 0.717) is 23.9 Å². The minimum absolute atomic E-state index is 0.0209. The third-order valence-electron chi connectivity index (χ3n) is 3.16. The zero-order chi connectivity index (χ0) is 19.2. The van der Waals surface area contributed by atoms with E-state index in [2.05, 4.69) is 9.44 Å². The van der Waals surface area contributed by atoms with Crippen LogP contribution in [0.5, 0.6) is 0 Å². The molecule has 1 saturated heterocycles. The van der Waals surface area contributed by atoms with Gasteiger partial charge in [0, 0.05) is 29.2 Å². The Bertz CT molecular complexity index is 581. The number of hydrogen-bond donors (Lipinski definition) is 5. The van der Waals surface area contributed by atoms with E-state index in [1.807, 2.05) is 0 Å². The van der Waals surface area contributed by atoms with Crippen molar-refractivity contribution in [3.63, 3.8) is 0 Å². The molecule has 25 heavy (non-hydrogen) atoms. The molecule has 0 bridgehead atoms. The highest BCUT2D eigenvalue weighted by atomic mass is 32.3. The Hall–Kier alpha value is -0.320. The largest absolute Gasteiger partial charge is 0.466 e. The van der Waals surface area contributed by atoms with E-state index in [1.54, 1.807) is 0 Å². The molecule has 0 aromatic rings. The van der Waals surface area contributed by atoms with Crippen molar-refractivity contribution in [2.75, 3.05) is 18.6 Å². The number of hydrogen-bond acceptors (Lipinski definition) is 11. The molecule has 0 spiro atoms. The molecule has 1 fully saturated rings. The van der Waals surface area contributed by atoms with Crippen LogP contribution >= 0.6 is 11.8 Å². The van der Waals surface area contributed by atoms with Gasteiger partial charge in [-0.05, 0) is 6.42 Å². The lowest BCUT2D eigenvalue weighted by molar-refractivity contribution is -0.205. The van der Waals surface area contributed by atoms with E-state index < -0.39 is 57.7 Å². The lowest BCUT2D eigenvalue weighted by Crippen LogP contribution is -2.57. The van der Waals surface area contributed by atoms with Gasteiger partial charge in [0.25, 0.3) is 0 Å². The van der Waals surface area contributed by atoms with Gasteiger partial charge in [0.15, 0.2) is 0 Å². The Morgan fingerprint density at radius 1 is 1.28 bits per heavy atom. The first kappa shape index (κ1) is 22.7. The summed E-state index contributed by atoms with van der Waals surface area (Å²) < 4.78 is 50.2. The van der Waals surface area contributed by atoms with Crippen molar-refractivity contribution in [3.05, 3.63) is 0 Å². The van der Waals surface area contributed by atoms with Gasteiger partial charge < -0.3 is 25.2 Å². The quantitative estimate of drug-likeness (QED) is 0.124. The number of nitrogens with zero attached hydrogens (tertiary/aromatic N) is 1. The van der Waals surface area contributed by atoms with E-state index in [4.69, 9.17) is 14.4 Å². The summed E-state index contributed by atoms with van der Waals surface area (Å²) in [5.41, 5.74) is -1.19. The van der Waals surface area contributed by atoms with Crippen molar-refractivity contribution < 1.29 is 46.6 Å². The fourth-order valence-electron chi connectivity index (χ4n) is 1.94. The third-order valence-corrected chi connectivity index (χ3v) is 5.46. The second kappa shape index (κ2) is 10.1. The molecule has 0 amide bonds. The summed E-state index contributed by atoms with van der Waals surface area (Å²) in [5.74, 6) is 0.292. The van der Waals surface area contributed by atoms with Crippen LogP contribution in [0.3, 0.4) is 0 Å². The van der Waals surface area contributed by atoms with Gasteiger partial charge >= 0.3 is 10.4 Å². The average Bonchev–Trinajstić information content (AvgIpc) is 2.51. The van der Waals surface area contributed by atoms with E-state index in [9.17, 15) is 27.9 Å². The number of oxime groups is 1. The van der Waals surface area contributed by atoms with Gasteiger partial charge in [-0.15, -0.1) is 0 Å². The maximum absolute atomic E-state index is 11.1. The van der Waals surface area contributed by atoms with Crippen molar-refractivity contribution in [3.8, 4) is 0 Å². The first-order valence-corrected chi connectivity index (χ1v) is 11.0. The standard InChI is InChI=1S/C11H21NO10S3/c1-24(17)4-2-3-7(12-22-25(18,19)20)23-11-10(16)9(15)8(14)6(5-13)21-11/h6,8-11,13-16H,2-5H2,1H3,(H,18,19,20)/b12-7-/t6-,8-,9+,10+,11+,24+/m0/s1. The molecule has 14 heteroatoms. The highest BCUT2D eigenvalue weighted by Gasteiger charge is 2.44. The molecule has 1 heterocycles. The number of aliphatic hydroxyl groups is 4. The molecule has 0 radical (unpaired) electrons. The highest BCUT2D eigenvalue weighted by Crippen LogP contribution is 2.30. The van der Waals surface area contributed by atoms with Gasteiger partial charge in [0.05, 0.1) is 6.61 Å². The SMILES string of the molecule is C[S@@](=O)CCC/C(=N/OS(=O)(=O)O)S[C@H]1O[C@@H](CO)[C@H](O)[C@@H](O)[C@H]1O. The summed E-state index contributed by atoms with van der Waals surface area (Å²) >= 11 is 0.687. The van der Waals surface area contributed by atoms with E-state index in [0.717, 1.165) is 0 Å². The second-order valence-corrected chi connectivity index (χ2v) is 8.91. The van der Waals surface area contributed by atoms with Crippen molar-refractivity contribution in [2.24, 2.45) is 5.16 Å². The summed E-state index contributed by atoms with van der Waals surface area (Å²) in [7, 11) is -5.94. The molecule has 0 saturated carbocycles. The van der Waals surface area contributed by atoms with Crippen molar-refractivity contribution in [1.29, 1.82) is 0 Å². The zero-order valence-electron chi connectivity index (χ0n) is 13.2. The normalized spacial score (nSPS) is 32.4. The monoisotopic (exact) mass is 423 g/mol. The molecule has 0 aromatic carbocycles. The fourth-order valence-corrected chi connectivity index (χ4v) is 3.83. The van der Waals surface area contributed by atoms with Crippen LogP contribution in [0.15, 0.2) is 5.16 Å². The number of thioether (sulfide) groups is 1. The van der Waals surface area contributed by atoms with Crippen LogP contribution < -0.4 is 0 Å². The molecule has 0 aliphatic carbocycles. The first-order chi connectivity index (χ1) is 11.5. The minimum atomic E-state index is -4.84. The molecule has 6 atom stereocenters. The van der Waals surface area contributed by atoms with Crippen LogP contribution in [-0.2, 0) is 30.2 Å². The van der Waals surface area contributed by atoms with Crippen LogP contribution in [0.2, 0.25) is 0 Å². The van der Waals surface area contributed by atoms with Gasteiger partial charge in [-0.2, -0.15) is 8.42 Å². The first-order valence-electron chi connectivity index (χ1n) is 7.05. The molecule has 11 nitrogen and oxygen atoms in total. The lowest BCUT2D eigenvalue weighted by atomic mass is 10.0. The molecule has 1 rings (SSSR count). The molecule has 1 aliphatic rings. The summed E-state index contributed by atoms with van der Waals surface area (Å²) in [6.07, 6.45) is -3.92.